The van der Waals surface area contributed by atoms with E-state index in [0.29, 0.717) is 22.8 Å². The van der Waals surface area contributed by atoms with Gasteiger partial charge in [0.1, 0.15) is 5.75 Å². The van der Waals surface area contributed by atoms with Crippen molar-refractivity contribution in [3.63, 3.8) is 0 Å². The van der Waals surface area contributed by atoms with E-state index in [0.717, 1.165) is 0 Å². The number of methoxy groups -OCH3 is 1. The number of hydrogen-bond donors (Lipinski definition) is 1. The van der Waals surface area contributed by atoms with Gasteiger partial charge in [0.25, 0.3) is 0 Å². The highest BCUT2D eigenvalue weighted by Crippen LogP contribution is 2.32. The number of nitrogens with zero attached hydrogens (tertiary/aromatic N) is 1. The predicted octanol–water partition coefficient (Wildman–Crippen LogP) is 2.88. The molecule has 0 aliphatic heterocycles. The third-order valence-electron chi connectivity index (χ3n) is 2.85. The largest absolute Gasteiger partial charge is 0.496 e. The Bertz CT molecular complexity index is 624. The summed E-state index contributed by atoms with van der Waals surface area (Å²) in [4.78, 5) is 0. The zero-order chi connectivity index (χ0) is 16.0. The van der Waals surface area contributed by atoms with E-state index < -0.39 is 21.8 Å². The van der Waals surface area contributed by atoms with Crippen LogP contribution in [0.2, 0.25) is 5.02 Å². The monoisotopic (exact) mass is 330 g/mol. The van der Waals surface area contributed by atoms with Crippen LogP contribution in [0.15, 0.2) is 18.2 Å². The van der Waals surface area contributed by atoms with Crippen LogP contribution in [0.3, 0.4) is 0 Å². The topological polar surface area (TPSA) is 79.2 Å². The first-order valence-electron chi connectivity index (χ1n) is 6.49. The van der Waals surface area contributed by atoms with Crippen molar-refractivity contribution in [3.8, 4) is 11.8 Å². The van der Waals surface area contributed by atoms with Crippen LogP contribution >= 0.6 is 11.6 Å². The summed E-state index contributed by atoms with van der Waals surface area (Å²) in [6.07, 6.45) is 0.571. The van der Waals surface area contributed by atoms with Crippen molar-refractivity contribution in [2.45, 2.75) is 26.3 Å². The summed E-state index contributed by atoms with van der Waals surface area (Å²) < 4.78 is 31.6. The van der Waals surface area contributed by atoms with Gasteiger partial charge in [0, 0.05) is 10.6 Å². The Morgan fingerprint density at radius 2 is 2.10 bits per heavy atom. The SMILES string of the molecule is COc1ccc(Cl)cc1[C@@H](CC(C)C)NS(=O)(=O)CC#N. The summed E-state index contributed by atoms with van der Waals surface area (Å²) >= 11 is 6.00. The molecule has 0 amide bonds. The standard InChI is InChI=1S/C14H19ClN2O3S/c1-10(2)8-13(17-21(18,19)7-6-16)12-9-11(15)4-5-14(12)20-3/h4-5,9-10,13,17H,7-8H2,1-3H3/t13-/m1/s1. The van der Waals surface area contributed by atoms with Crippen LogP contribution in [0.4, 0.5) is 0 Å². The molecule has 0 aliphatic carbocycles. The molecule has 0 saturated carbocycles. The van der Waals surface area contributed by atoms with Gasteiger partial charge in [0.2, 0.25) is 10.0 Å². The van der Waals surface area contributed by atoms with Crippen LogP contribution in [0.25, 0.3) is 0 Å². The van der Waals surface area contributed by atoms with Crippen LogP contribution in [0.1, 0.15) is 31.9 Å². The first-order chi connectivity index (χ1) is 9.79. The van der Waals surface area contributed by atoms with E-state index in [9.17, 15) is 8.42 Å². The van der Waals surface area contributed by atoms with Crippen molar-refractivity contribution in [1.82, 2.24) is 4.72 Å². The number of hydrogen-bond acceptors (Lipinski definition) is 4. The Balaban J connectivity index is 3.20. The minimum Gasteiger partial charge on any atom is -0.496 e. The van der Waals surface area contributed by atoms with Gasteiger partial charge in [-0.05, 0) is 30.5 Å². The average molecular weight is 331 g/mol. The fraction of sp³-hybridized carbons (Fsp3) is 0.500. The minimum absolute atomic E-state index is 0.253. The fourth-order valence-electron chi connectivity index (χ4n) is 2.03. The quantitative estimate of drug-likeness (QED) is 0.833. The third-order valence-corrected chi connectivity index (χ3v) is 4.24. The van der Waals surface area contributed by atoms with E-state index in [1.165, 1.54) is 7.11 Å². The lowest BCUT2D eigenvalue weighted by atomic mass is 9.97. The van der Waals surface area contributed by atoms with Crippen molar-refractivity contribution in [3.05, 3.63) is 28.8 Å². The normalized spacial score (nSPS) is 13.0. The average Bonchev–Trinajstić information content (AvgIpc) is 2.36. The number of nitrogens with one attached hydrogen (secondary N) is 1. The molecule has 0 spiro atoms. The van der Waals surface area contributed by atoms with E-state index in [2.05, 4.69) is 4.72 Å². The molecule has 7 heteroatoms. The Hall–Kier alpha value is -1.29. The fourth-order valence-corrected chi connectivity index (χ4v) is 3.12. The predicted molar refractivity (Wildman–Crippen MR) is 82.7 cm³/mol. The van der Waals surface area contributed by atoms with Gasteiger partial charge in [-0.3, -0.25) is 0 Å². The van der Waals surface area contributed by atoms with E-state index in [1.807, 2.05) is 13.8 Å². The van der Waals surface area contributed by atoms with Crippen molar-refractivity contribution in [2.24, 2.45) is 5.92 Å². The second kappa shape index (κ2) is 7.64. The molecule has 0 radical (unpaired) electrons. The molecule has 0 heterocycles. The van der Waals surface area contributed by atoms with Crippen molar-refractivity contribution >= 4 is 21.6 Å². The maximum atomic E-state index is 11.9. The summed E-state index contributed by atoms with van der Waals surface area (Å²) in [6, 6.07) is 6.22. The van der Waals surface area contributed by atoms with Crippen LogP contribution < -0.4 is 9.46 Å². The highest BCUT2D eigenvalue weighted by Gasteiger charge is 2.23. The lowest BCUT2D eigenvalue weighted by Gasteiger charge is -2.22. The van der Waals surface area contributed by atoms with Gasteiger partial charge in [0.05, 0.1) is 19.2 Å². The van der Waals surface area contributed by atoms with E-state index in [-0.39, 0.29) is 5.92 Å². The number of ether oxygens (including phenoxy) is 1. The molecule has 1 aromatic rings. The molecule has 1 aromatic carbocycles. The lowest BCUT2D eigenvalue weighted by Crippen LogP contribution is -2.31. The molecule has 0 unspecified atom stereocenters. The van der Waals surface area contributed by atoms with Gasteiger partial charge < -0.3 is 4.74 Å². The lowest BCUT2D eigenvalue weighted by molar-refractivity contribution is 0.394. The molecule has 0 bridgehead atoms. The molecule has 0 fully saturated rings. The number of nitriles is 1. The number of benzene rings is 1. The third kappa shape index (κ3) is 5.54. The van der Waals surface area contributed by atoms with Gasteiger partial charge in [0.15, 0.2) is 5.75 Å². The van der Waals surface area contributed by atoms with E-state index in [1.54, 1.807) is 24.3 Å². The van der Waals surface area contributed by atoms with Crippen LogP contribution in [0.5, 0.6) is 5.75 Å². The van der Waals surface area contributed by atoms with Gasteiger partial charge in [-0.1, -0.05) is 25.4 Å². The van der Waals surface area contributed by atoms with Gasteiger partial charge in [-0.25, -0.2) is 13.1 Å². The summed E-state index contributed by atoms with van der Waals surface area (Å²) in [5.41, 5.74) is 0.667. The number of sulfonamides is 1. The zero-order valence-electron chi connectivity index (χ0n) is 12.3. The summed E-state index contributed by atoms with van der Waals surface area (Å²) in [7, 11) is -2.16. The second-order valence-corrected chi connectivity index (χ2v) is 7.29. The first kappa shape index (κ1) is 17.8. The Morgan fingerprint density at radius 3 is 2.62 bits per heavy atom. The molecule has 0 saturated heterocycles. The molecule has 5 nitrogen and oxygen atoms in total. The highest BCUT2D eigenvalue weighted by atomic mass is 35.5. The van der Waals surface area contributed by atoms with Crippen molar-refractivity contribution in [2.75, 3.05) is 12.9 Å². The molecule has 1 N–H and O–H groups in total. The summed E-state index contributed by atoms with van der Waals surface area (Å²) in [5, 5.41) is 9.10. The number of rotatable bonds is 7. The summed E-state index contributed by atoms with van der Waals surface area (Å²) in [6.45, 7) is 3.98. The van der Waals surface area contributed by atoms with Crippen LogP contribution in [-0.2, 0) is 10.0 Å². The molecule has 21 heavy (non-hydrogen) atoms. The maximum Gasteiger partial charge on any atom is 0.225 e. The second-order valence-electron chi connectivity index (χ2n) is 5.10. The Morgan fingerprint density at radius 1 is 1.43 bits per heavy atom. The van der Waals surface area contributed by atoms with Crippen molar-refractivity contribution in [1.29, 1.82) is 5.26 Å². The van der Waals surface area contributed by atoms with E-state index in [4.69, 9.17) is 21.6 Å². The zero-order valence-corrected chi connectivity index (χ0v) is 13.8. The first-order valence-corrected chi connectivity index (χ1v) is 8.52. The molecule has 116 valence electrons. The van der Waals surface area contributed by atoms with E-state index >= 15 is 0 Å². The number of halogens is 1. The molecule has 1 atom stereocenters. The van der Waals surface area contributed by atoms with Gasteiger partial charge in [-0.2, -0.15) is 5.26 Å². The van der Waals surface area contributed by atoms with Crippen LogP contribution in [-0.4, -0.2) is 21.3 Å². The maximum absolute atomic E-state index is 11.9. The summed E-state index contributed by atoms with van der Waals surface area (Å²) in [5.74, 6) is 0.234. The molecule has 1 rings (SSSR count). The molecule has 0 aliphatic rings. The minimum atomic E-state index is -3.67. The van der Waals surface area contributed by atoms with Gasteiger partial charge >= 0.3 is 0 Å². The highest BCUT2D eigenvalue weighted by molar-refractivity contribution is 7.89. The molecule has 0 aromatic heterocycles. The Labute approximate surface area is 130 Å². The molecular formula is C14H19ClN2O3S. The molecular weight excluding hydrogens is 312 g/mol. The van der Waals surface area contributed by atoms with Crippen LogP contribution in [0, 0.1) is 17.2 Å². The Kier molecular flexibility index (Phi) is 6.46. The van der Waals surface area contributed by atoms with Gasteiger partial charge in [-0.15, -0.1) is 0 Å². The van der Waals surface area contributed by atoms with Crippen molar-refractivity contribution < 1.29 is 13.2 Å². The smallest absolute Gasteiger partial charge is 0.225 e.